The Bertz CT molecular complexity index is 1280. The van der Waals surface area contributed by atoms with E-state index in [0.29, 0.717) is 5.69 Å². The van der Waals surface area contributed by atoms with Crippen molar-refractivity contribution in [1.82, 2.24) is 0 Å². The minimum Gasteiger partial charge on any atom is -0.495 e. The molecule has 0 spiro atoms. The predicted molar refractivity (Wildman–Crippen MR) is 129 cm³/mol. The summed E-state index contributed by atoms with van der Waals surface area (Å²) < 4.78 is 38.7. The highest BCUT2D eigenvalue weighted by atomic mass is 32.2. The van der Waals surface area contributed by atoms with Crippen LogP contribution < -0.4 is 24.8 Å². The predicted octanol–water partition coefficient (Wildman–Crippen LogP) is 3.03. The molecule has 0 aliphatic rings. The van der Waals surface area contributed by atoms with Gasteiger partial charge in [0.15, 0.2) is 6.61 Å². The van der Waals surface area contributed by atoms with Crippen molar-refractivity contribution in [3.63, 3.8) is 0 Å². The van der Waals surface area contributed by atoms with E-state index in [0.717, 1.165) is 0 Å². The van der Waals surface area contributed by atoms with E-state index in [2.05, 4.69) is 5.32 Å². The maximum Gasteiger partial charge on any atom is 0.264 e. The zero-order valence-electron chi connectivity index (χ0n) is 18.7. The Morgan fingerprint density at radius 2 is 1.65 bits per heavy atom. The van der Waals surface area contributed by atoms with Crippen LogP contribution in [0.25, 0.3) is 0 Å². The van der Waals surface area contributed by atoms with E-state index in [-0.39, 0.29) is 34.2 Å². The Kier molecular flexibility index (Phi) is 7.75. The third kappa shape index (κ3) is 5.46. The van der Waals surface area contributed by atoms with Crippen molar-refractivity contribution in [2.24, 2.45) is 5.73 Å². The Morgan fingerprint density at radius 3 is 2.29 bits per heavy atom. The van der Waals surface area contributed by atoms with Crippen molar-refractivity contribution in [2.45, 2.75) is 11.8 Å². The van der Waals surface area contributed by atoms with Gasteiger partial charge in [-0.1, -0.05) is 30.3 Å². The van der Waals surface area contributed by atoms with Gasteiger partial charge in [0, 0.05) is 6.54 Å². The topological polar surface area (TPSA) is 128 Å². The molecule has 0 fully saturated rings. The molecule has 0 radical (unpaired) electrons. The lowest BCUT2D eigenvalue weighted by molar-refractivity contribution is -0.119. The number of para-hydroxylation sites is 2. The highest BCUT2D eigenvalue weighted by Crippen LogP contribution is 2.31. The van der Waals surface area contributed by atoms with Crippen LogP contribution >= 0.6 is 0 Å². The standard InChI is InChI=1S/C24H25N3O6S/c1-3-27(17-9-5-4-6-10-17)34(30,31)18-13-14-22(32-2)20(15-18)26-24(29)19-11-7-8-12-21(19)33-16-23(25)28/h4-15H,3,16H2,1-2H3,(H2,25,28)(H,26,29). The van der Waals surface area contributed by atoms with E-state index in [1.165, 1.54) is 41.7 Å². The van der Waals surface area contributed by atoms with Crippen molar-refractivity contribution in [3.8, 4) is 11.5 Å². The van der Waals surface area contributed by atoms with E-state index in [1.54, 1.807) is 49.4 Å². The Morgan fingerprint density at radius 1 is 0.971 bits per heavy atom. The molecule has 0 aliphatic heterocycles. The number of nitrogens with two attached hydrogens (primary N) is 1. The number of rotatable bonds is 10. The van der Waals surface area contributed by atoms with Crippen LogP contribution in [0.3, 0.4) is 0 Å². The Hall–Kier alpha value is -4.05. The van der Waals surface area contributed by atoms with Gasteiger partial charge in [0.05, 0.1) is 28.9 Å². The minimum absolute atomic E-state index is 0.0208. The molecule has 0 saturated carbocycles. The number of carbonyl (C=O) groups is 2. The number of methoxy groups -OCH3 is 1. The number of primary amides is 1. The van der Waals surface area contributed by atoms with Gasteiger partial charge < -0.3 is 20.5 Å². The highest BCUT2D eigenvalue weighted by molar-refractivity contribution is 7.92. The van der Waals surface area contributed by atoms with Crippen LogP contribution in [-0.2, 0) is 14.8 Å². The SMILES string of the molecule is CCN(c1ccccc1)S(=O)(=O)c1ccc(OC)c(NC(=O)c2ccccc2OCC(N)=O)c1. The number of benzene rings is 3. The van der Waals surface area contributed by atoms with Gasteiger partial charge in [-0.2, -0.15) is 0 Å². The molecule has 3 rings (SSSR count). The second-order valence-corrected chi connectivity index (χ2v) is 8.94. The molecule has 3 aromatic rings. The van der Waals surface area contributed by atoms with Gasteiger partial charge >= 0.3 is 0 Å². The number of sulfonamides is 1. The van der Waals surface area contributed by atoms with Crippen LogP contribution in [0.2, 0.25) is 0 Å². The molecule has 0 heterocycles. The third-order valence-electron chi connectivity index (χ3n) is 4.84. The number of ether oxygens (including phenoxy) is 2. The molecular weight excluding hydrogens is 458 g/mol. The molecule has 3 aromatic carbocycles. The average molecular weight is 484 g/mol. The molecule has 178 valence electrons. The minimum atomic E-state index is -3.93. The molecule has 0 atom stereocenters. The van der Waals surface area contributed by atoms with E-state index in [9.17, 15) is 18.0 Å². The lowest BCUT2D eigenvalue weighted by atomic mass is 10.1. The van der Waals surface area contributed by atoms with Gasteiger partial charge in [-0.3, -0.25) is 13.9 Å². The number of hydrogen-bond donors (Lipinski definition) is 2. The van der Waals surface area contributed by atoms with Crippen LogP contribution in [0.4, 0.5) is 11.4 Å². The number of anilines is 2. The number of nitrogens with one attached hydrogen (secondary N) is 1. The Labute approximate surface area is 198 Å². The maximum absolute atomic E-state index is 13.4. The zero-order valence-corrected chi connectivity index (χ0v) is 19.5. The first-order chi connectivity index (χ1) is 16.3. The summed E-state index contributed by atoms with van der Waals surface area (Å²) in [7, 11) is -2.52. The first-order valence-corrected chi connectivity index (χ1v) is 11.8. The van der Waals surface area contributed by atoms with Crippen LogP contribution in [0.15, 0.2) is 77.7 Å². The summed E-state index contributed by atoms with van der Waals surface area (Å²) in [5.41, 5.74) is 5.93. The fourth-order valence-corrected chi connectivity index (χ4v) is 4.78. The van der Waals surface area contributed by atoms with Crippen LogP contribution in [0, 0.1) is 0 Å². The largest absolute Gasteiger partial charge is 0.495 e. The van der Waals surface area contributed by atoms with Gasteiger partial charge in [0.1, 0.15) is 11.5 Å². The molecule has 0 aromatic heterocycles. The highest BCUT2D eigenvalue weighted by Gasteiger charge is 2.25. The number of hydrogen-bond acceptors (Lipinski definition) is 6. The quantitative estimate of drug-likeness (QED) is 0.456. The van der Waals surface area contributed by atoms with Crippen molar-refractivity contribution in [1.29, 1.82) is 0 Å². The van der Waals surface area contributed by atoms with E-state index in [1.807, 2.05) is 0 Å². The fourth-order valence-electron chi connectivity index (χ4n) is 3.28. The smallest absolute Gasteiger partial charge is 0.264 e. The maximum atomic E-state index is 13.4. The molecule has 34 heavy (non-hydrogen) atoms. The molecule has 0 aliphatic carbocycles. The normalized spacial score (nSPS) is 10.9. The van der Waals surface area contributed by atoms with E-state index >= 15 is 0 Å². The summed E-state index contributed by atoms with van der Waals surface area (Å²) in [6, 6.07) is 19.2. The first kappa shape index (κ1) is 24.6. The fraction of sp³-hybridized carbons (Fsp3) is 0.167. The molecule has 0 unspecified atom stereocenters. The molecule has 0 bridgehead atoms. The second kappa shape index (κ2) is 10.7. The van der Waals surface area contributed by atoms with Crippen molar-refractivity contribution < 1.29 is 27.5 Å². The van der Waals surface area contributed by atoms with Crippen LogP contribution in [0.1, 0.15) is 17.3 Å². The first-order valence-electron chi connectivity index (χ1n) is 10.3. The lowest BCUT2D eigenvalue weighted by Crippen LogP contribution is -2.30. The molecule has 10 heteroatoms. The molecule has 0 saturated heterocycles. The molecule has 2 amide bonds. The monoisotopic (exact) mass is 483 g/mol. The van der Waals surface area contributed by atoms with E-state index < -0.39 is 28.4 Å². The molecular formula is C24H25N3O6S. The molecule has 9 nitrogen and oxygen atoms in total. The summed E-state index contributed by atoms with van der Waals surface area (Å²) in [4.78, 5) is 24.0. The van der Waals surface area contributed by atoms with Gasteiger partial charge in [-0.15, -0.1) is 0 Å². The molecule has 3 N–H and O–H groups in total. The summed E-state index contributed by atoms with van der Waals surface area (Å²) in [5, 5.41) is 2.67. The van der Waals surface area contributed by atoms with Crippen molar-refractivity contribution >= 4 is 33.2 Å². The summed E-state index contributed by atoms with van der Waals surface area (Å²) in [6.07, 6.45) is 0. The van der Waals surface area contributed by atoms with Gasteiger partial charge in [0.25, 0.3) is 21.8 Å². The number of carbonyl (C=O) groups excluding carboxylic acids is 2. The lowest BCUT2D eigenvalue weighted by Gasteiger charge is -2.23. The number of amides is 2. The van der Waals surface area contributed by atoms with Gasteiger partial charge in [-0.25, -0.2) is 8.42 Å². The van der Waals surface area contributed by atoms with E-state index in [4.69, 9.17) is 15.2 Å². The average Bonchev–Trinajstić information content (AvgIpc) is 2.83. The van der Waals surface area contributed by atoms with Crippen LogP contribution in [-0.4, -0.2) is 40.5 Å². The Balaban J connectivity index is 1.95. The van der Waals surface area contributed by atoms with Crippen LogP contribution in [0.5, 0.6) is 11.5 Å². The second-order valence-electron chi connectivity index (χ2n) is 7.07. The third-order valence-corrected chi connectivity index (χ3v) is 6.74. The van der Waals surface area contributed by atoms with Gasteiger partial charge in [0.2, 0.25) is 0 Å². The number of nitrogens with zero attached hydrogens (tertiary/aromatic N) is 1. The van der Waals surface area contributed by atoms with Gasteiger partial charge in [-0.05, 0) is 49.4 Å². The summed E-state index contributed by atoms with van der Waals surface area (Å²) in [5.74, 6) is -0.842. The van der Waals surface area contributed by atoms with Crippen molar-refractivity contribution in [2.75, 3.05) is 29.9 Å². The zero-order chi connectivity index (χ0) is 24.7. The summed E-state index contributed by atoms with van der Waals surface area (Å²) in [6.45, 7) is 1.55. The summed E-state index contributed by atoms with van der Waals surface area (Å²) >= 11 is 0. The van der Waals surface area contributed by atoms with Crippen molar-refractivity contribution in [3.05, 3.63) is 78.4 Å².